The third-order valence-corrected chi connectivity index (χ3v) is 8.35. The van der Waals surface area contributed by atoms with E-state index < -0.39 is 7.92 Å². The maximum atomic E-state index is 2.51. The van der Waals surface area contributed by atoms with Crippen LogP contribution in [0.3, 0.4) is 0 Å². The van der Waals surface area contributed by atoms with Crippen molar-refractivity contribution in [1.29, 1.82) is 0 Å². The van der Waals surface area contributed by atoms with Crippen LogP contribution in [0, 0.1) is 0 Å². The quantitative estimate of drug-likeness (QED) is 0.336. The first-order chi connectivity index (χ1) is 14.4. The summed E-state index contributed by atoms with van der Waals surface area (Å²) < 4.78 is 0. The van der Waals surface area contributed by atoms with Gasteiger partial charge in [0.15, 0.2) is 0 Å². The van der Waals surface area contributed by atoms with Crippen LogP contribution in [0.1, 0.15) is 22.3 Å². The summed E-state index contributed by atoms with van der Waals surface area (Å²) in [6.07, 6.45) is 4.39. The second kappa shape index (κ2) is 9.46. The Morgan fingerprint density at radius 3 is 1.50 bits per heavy atom. The van der Waals surface area contributed by atoms with E-state index >= 15 is 0 Å². The van der Waals surface area contributed by atoms with Crippen molar-refractivity contribution in [3.05, 3.63) is 125 Å². The van der Waals surface area contributed by atoms with Crippen LogP contribution in [-0.2, 0) is 25.7 Å². The van der Waals surface area contributed by atoms with Gasteiger partial charge in [0.2, 0.25) is 0 Å². The van der Waals surface area contributed by atoms with Crippen LogP contribution in [0.2, 0.25) is 0 Å². The molecule has 4 aromatic carbocycles. The van der Waals surface area contributed by atoms with Gasteiger partial charge in [-0.1, -0.05) is 103 Å². The lowest BCUT2D eigenvalue weighted by Crippen LogP contribution is -2.24. The van der Waals surface area contributed by atoms with E-state index in [1.165, 1.54) is 38.2 Å². The van der Waals surface area contributed by atoms with Crippen LogP contribution in [0.15, 0.2) is 103 Å². The Kier molecular flexibility index (Phi) is 6.51. The fourth-order valence-electron chi connectivity index (χ4n) is 4.21. The van der Waals surface area contributed by atoms with Gasteiger partial charge in [-0.3, -0.25) is 0 Å². The zero-order chi connectivity index (χ0) is 19.5. The molecule has 0 saturated heterocycles. The van der Waals surface area contributed by atoms with Crippen molar-refractivity contribution in [2.75, 3.05) is 0 Å². The number of hydrogen-bond donors (Lipinski definition) is 0. The summed E-state index contributed by atoms with van der Waals surface area (Å²) >= 11 is 0. The fourth-order valence-corrected chi connectivity index (χ4v) is 6.77. The molecular formula is C28H25BP. The largest absolute Gasteiger partial charge is 0.0622 e. The van der Waals surface area contributed by atoms with Gasteiger partial charge >= 0.3 is 0 Å². The van der Waals surface area contributed by atoms with Gasteiger partial charge < -0.3 is 0 Å². The Balaban J connectivity index is 0.00000218. The molecule has 2 heteroatoms. The molecule has 0 nitrogen and oxygen atoms in total. The zero-order valence-electron chi connectivity index (χ0n) is 17.2. The van der Waals surface area contributed by atoms with Crippen LogP contribution < -0.4 is 15.9 Å². The molecule has 145 valence electrons. The SMILES string of the molecule is [B].c1ccc(P(c2ccccc2)c2cc3ccc2CCc2ccc(cc2)CC3)cc1. The molecule has 8 rings (SSSR count). The molecule has 0 amide bonds. The van der Waals surface area contributed by atoms with Crippen LogP contribution in [0.4, 0.5) is 0 Å². The van der Waals surface area contributed by atoms with E-state index in [2.05, 4.69) is 103 Å². The summed E-state index contributed by atoms with van der Waals surface area (Å²) in [4.78, 5) is 0. The molecule has 4 bridgehead atoms. The lowest BCUT2D eigenvalue weighted by Gasteiger charge is -2.24. The predicted octanol–water partition coefficient (Wildman–Crippen LogP) is 4.95. The van der Waals surface area contributed by atoms with Gasteiger partial charge in [0.25, 0.3) is 0 Å². The van der Waals surface area contributed by atoms with Gasteiger partial charge in [0, 0.05) is 8.41 Å². The molecule has 0 heterocycles. The molecule has 4 aliphatic rings. The maximum Gasteiger partial charge on any atom is 0 e. The second-order valence-electron chi connectivity index (χ2n) is 7.79. The summed E-state index contributed by atoms with van der Waals surface area (Å²) in [5.74, 6) is 0. The molecule has 0 atom stereocenters. The van der Waals surface area contributed by atoms with Crippen LogP contribution in [0.25, 0.3) is 0 Å². The highest BCUT2D eigenvalue weighted by Gasteiger charge is 2.20. The molecule has 0 fully saturated rings. The lowest BCUT2D eigenvalue weighted by atomic mass is 9.97. The topological polar surface area (TPSA) is 0 Å². The minimum Gasteiger partial charge on any atom is -0.0622 e. The lowest BCUT2D eigenvalue weighted by molar-refractivity contribution is 0.927. The molecule has 4 aromatic rings. The van der Waals surface area contributed by atoms with Gasteiger partial charge in [-0.15, -0.1) is 0 Å². The van der Waals surface area contributed by atoms with Gasteiger partial charge in [-0.2, -0.15) is 0 Å². The zero-order valence-corrected chi connectivity index (χ0v) is 18.1. The van der Waals surface area contributed by atoms with Crippen molar-refractivity contribution in [2.45, 2.75) is 25.7 Å². The monoisotopic (exact) mass is 403 g/mol. The summed E-state index contributed by atoms with van der Waals surface area (Å²) in [5.41, 5.74) is 5.83. The summed E-state index contributed by atoms with van der Waals surface area (Å²) in [5, 5.41) is 4.40. The first-order valence-electron chi connectivity index (χ1n) is 10.5. The molecule has 4 aliphatic carbocycles. The van der Waals surface area contributed by atoms with E-state index in [4.69, 9.17) is 0 Å². The van der Waals surface area contributed by atoms with E-state index in [1.807, 2.05) is 0 Å². The van der Waals surface area contributed by atoms with Crippen LogP contribution in [-0.4, -0.2) is 8.41 Å². The van der Waals surface area contributed by atoms with Crippen molar-refractivity contribution in [1.82, 2.24) is 0 Å². The number of rotatable bonds is 3. The average Bonchev–Trinajstić information content (AvgIpc) is 2.78. The Labute approximate surface area is 183 Å². The number of hydrogen-bond acceptors (Lipinski definition) is 0. The van der Waals surface area contributed by atoms with Gasteiger partial charge in [0.1, 0.15) is 0 Å². The molecule has 3 radical (unpaired) electrons. The van der Waals surface area contributed by atoms with E-state index in [1.54, 1.807) is 0 Å². The normalized spacial score (nSPS) is 12.8. The average molecular weight is 403 g/mol. The highest BCUT2D eigenvalue weighted by molar-refractivity contribution is 7.79. The van der Waals surface area contributed by atoms with Gasteiger partial charge in [0.05, 0.1) is 0 Å². The van der Waals surface area contributed by atoms with Gasteiger partial charge in [-0.25, -0.2) is 0 Å². The van der Waals surface area contributed by atoms with Crippen LogP contribution >= 0.6 is 7.92 Å². The van der Waals surface area contributed by atoms with E-state index in [-0.39, 0.29) is 8.41 Å². The number of benzene rings is 4. The molecule has 0 aromatic heterocycles. The highest BCUT2D eigenvalue weighted by Crippen LogP contribution is 2.35. The molecule has 0 aliphatic heterocycles. The third-order valence-electron chi connectivity index (χ3n) is 5.83. The highest BCUT2D eigenvalue weighted by atomic mass is 31.1. The molecular weight excluding hydrogens is 378 g/mol. The fraction of sp³-hybridized carbons (Fsp3) is 0.143. The second-order valence-corrected chi connectivity index (χ2v) is 9.97. The maximum absolute atomic E-state index is 2.51. The predicted molar refractivity (Wildman–Crippen MR) is 132 cm³/mol. The molecule has 0 unspecified atom stereocenters. The minimum absolute atomic E-state index is 0. The Morgan fingerprint density at radius 2 is 0.933 bits per heavy atom. The van der Waals surface area contributed by atoms with Crippen LogP contribution in [0.5, 0.6) is 0 Å². The Morgan fingerprint density at radius 1 is 0.467 bits per heavy atom. The Hall–Kier alpha value is -2.63. The van der Waals surface area contributed by atoms with Crippen molar-refractivity contribution in [2.24, 2.45) is 0 Å². The first kappa shape index (κ1) is 20.6. The van der Waals surface area contributed by atoms with E-state index in [9.17, 15) is 0 Å². The smallest absolute Gasteiger partial charge is 0 e. The summed E-state index contributed by atoms with van der Waals surface area (Å²) in [6.45, 7) is 0. The first-order valence-corrected chi connectivity index (χ1v) is 11.8. The number of aryl methyl sites for hydroxylation is 4. The Bertz CT molecular complexity index is 1050. The van der Waals surface area contributed by atoms with Crippen molar-refractivity contribution in [3.8, 4) is 0 Å². The summed E-state index contributed by atoms with van der Waals surface area (Å²) in [6, 6.07) is 38.7. The van der Waals surface area contributed by atoms with Crippen molar-refractivity contribution in [3.63, 3.8) is 0 Å². The van der Waals surface area contributed by atoms with Crippen molar-refractivity contribution < 1.29 is 0 Å². The molecule has 0 N–H and O–H groups in total. The van der Waals surface area contributed by atoms with Gasteiger partial charge in [-0.05, 0) is 71.8 Å². The summed E-state index contributed by atoms with van der Waals surface area (Å²) in [7, 11) is -0.556. The molecule has 0 saturated carbocycles. The minimum atomic E-state index is -0.556. The standard InChI is InChI=1S/C28H25P.B/c1-3-7-26(8-4-1)29(27-9-5-2-6-10-27)28-21-24-16-15-22-11-13-23(14-12-22)17-19-25(28)20-18-24;/h1-14,18,20-21H,15-17,19H2;. The van der Waals surface area contributed by atoms with E-state index in [0.29, 0.717) is 0 Å². The molecule has 30 heavy (non-hydrogen) atoms. The third kappa shape index (κ3) is 4.42. The molecule has 0 spiro atoms. The van der Waals surface area contributed by atoms with Crippen molar-refractivity contribution >= 4 is 32.2 Å². The van der Waals surface area contributed by atoms with E-state index in [0.717, 1.165) is 25.7 Å².